The van der Waals surface area contributed by atoms with Crippen LogP contribution in [0.4, 0.5) is 10.1 Å². The van der Waals surface area contributed by atoms with E-state index >= 15 is 0 Å². The quantitative estimate of drug-likeness (QED) is 0.771. The molecule has 2 fully saturated rings. The first kappa shape index (κ1) is 19.3. The van der Waals surface area contributed by atoms with E-state index in [1.165, 1.54) is 12.1 Å². The Morgan fingerprint density at radius 3 is 2.64 bits per heavy atom. The van der Waals surface area contributed by atoms with Crippen LogP contribution in [0.3, 0.4) is 0 Å². The van der Waals surface area contributed by atoms with Gasteiger partial charge in [0.25, 0.3) is 0 Å². The van der Waals surface area contributed by atoms with Crippen LogP contribution in [0.2, 0.25) is 0 Å². The van der Waals surface area contributed by atoms with Crippen molar-refractivity contribution in [1.82, 2.24) is 10.2 Å². The SMILES string of the molecule is O=C(CN1C[C@@H]2OCC(Nc3cccc(F)c3)CO[C@H]2C1)NCc1cccs1. The first-order valence-corrected chi connectivity index (χ1v) is 10.3. The van der Waals surface area contributed by atoms with Crippen molar-refractivity contribution in [2.75, 3.05) is 38.2 Å². The molecule has 3 heterocycles. The Morgan fingerprint density at radius 1 is 1.18 bits per heavy atom. The van der Waals surface area contributed by atoms with Gasteiger partial charge >= 0.3 is 0 Å². The van der Waals surface area contributed by atoms with Gasteiger partial charge in [-0.15, -0.1) is 11.3 Å². The number of hydrogen-bond acceptors (Lipinski definition) is 6. The van der Waals surface area contributed by atoms with Crippen molar-refractivity contribution < 1.29 is 18.7 Å². The van der Waals surface area contributed by atoms with Crippen LogP contribution < -0.4 is 10.6 Å². The monoisotopic (exact) mass is 405 g/mol. The summed E-state index contributed by atoms with van der Waals surface area (Å²) in [7, 11) is 0. The Labute approximate surface area is 167 Å². The fourth-order valence-corrected chi connectivity index (χ4v) is 4.20. The minimum absolute atomic E-state index is 0.00973. The molecule has 4 rings (SSSR count). The molecular weight excluding hydrogens is 381 g/mol. The highest BCUT2D eigenvalue weighted by molar-refractivity contribution is 7.09. The summed E-state index contributed by atoms with van der Waals surface area (Å²) in [6.45, 7) is 3.22. The molecule has 28 heavy (non-hydrogen) atoms. The molecule has 2 aliphatic heterocycles. The minimum Gasteiger partial charge on any atom is -0.378 e. The van der Waals surface area contributed by atoms with Crippen LogP contribution in [-0.4, -0.2) is 61.9 Å². The molecule has 8 heteroatoms. The molecular formula is C20H24FN3O3S. The molecule has 0 radical (unpaired) electrons. The lowest BCUT2D eigenvalue weighted by atomic mass is 10.2. The third kappa shape index (κ3) is 5.08. The first-order chi connectivity index (χ1) is 13.7. The maximum atomic E-state index is 13.3. The number of nitrogens with one attached hydrogen (secondary N) is 2. The van der Waals surface area contributed by atoms with Crippen LogP contribution in [0.25, 0.3) is 0 Å². The molecule has 1 amide bonds. The van der Waals surface area contributed by atoms with Crippen LogP contribution in [0.5, 0.6) is 0 Å². The van der Waals surface area contributed by atoms with Crippen molar-refractivity contribution in [3.8, 4) is 0 Å². The summed E-state index contributed by atoms with van der Waals surface area (Å²) in [5.74, 6) is -0.263. The van der Waals surface area contributed by atoms with Gasteiger partial charge in [-0.1, -0.05) is 12.1 Å². The Balaban J connectivity index is 1.22. The maximum Gasteiger partial charge on any atom is 0.234 e. The lowest BCUT2D eigenvalue weighted by molar-refractivity contribution is -0.122. The smallest absolute Gasteiger partial charge is 0.234 e. The van der Waals surface area contributed by atoms with Crippen molar-refractivity contribution in [3.63, 3.8) is 0 Å². The normalized spacial score (nSPS) is 23.2. The lowest BCUT2D eigenvalue weighted by Gasteiger charge is -2.19. The van der Waals surface area contributed by atoms with E-state index in [1.807, 2.05) is 23.6 Å². The third-order valence-electron chi connectivity index (χ3n) is 4.92. The highest BCUT2D eigenvalue weighted by atomic mass is 32.1. The number of nitrogens with zero attached hydrogens (tertiary/aromatic N) is 1. The van der Waals surface area contributed by atoms with Gasteiger partial charge in [-0.2, -0.15) is 0 Å². The predicted molar refractivity (Wildman–Crippen MR) is 106 cm³/mol. The average molecular weight is 405 g/mol. The lowest BCUT2D eigenvalue weighted by Crippen LogP contribution is -2.37. The Bertz CT molecular complexity index is 773. The van der Waals surface area contributed by atoms with E-state index in [4.69, 9.17) is 9.47 Å². The van der Waals surface area contributed by atoms with Gasteiger partial charge in [0.2, 0.25) is 5.91 Å². The van der Waals surface area contributed by atoms with Crippen LogP contribution in [0.1, 0.15) is 4.88 Å². The average Bonchev–Trinajstić information content (AvgIpc) is 3.28. The third-order valence-corrected chi connectivity index (χ3v) is 5.79. The van der Waals surface area contributed by atoms with Crippen LogP contribution >= 0.6 is 11.3 Å². The second-order valence-electron chi connectivity index (χ2n) is 7.15. The highest BCUT2D eigenvalue weighted by Gasteiger charge is 2.37. The summed E-state index contributed by atoms with van der Waals surface area (Å²) < 4.78 is 25.4. The molecule has 2 aliphatic rings. The van der Waals surface area contributed by atoms with Crippen molar-refractivity contribution in [1.29, 1.82) is 0 Å². The maximum absolute atomic E-state index is 13.3. The van der Waals surface area contributed by atoms with Gasteiger partial charge in [-0.3, -0.25) is 9.69 Å². The largest absolute Gasteiger partial charge is 0.378 e. The number of carbonyl (C=O) groups is 1. The summed E-state index contributed by atoms with van der Waals surface area (Å²) in [5, 5.41) is 8.21. The second-order valence-corrected chi connectivity index (χ2v) is 8.18. The van der Waals surface area contributed by atoms with Crippen LogP contribution in [0, 0.1) is 5.82 Å². The number of anilines is 1. The summed E-state index contributed by atoms with van der Waals surface area (Å²) in [4.78, 5) is 15.4. The van der Waals surface area contributed by atoms with Gasteiger partial charge < -0.3 is 20.1 Å². The Kier molecular flexibility index (Phi) is 6.21. The van der Waals surface area contributed by atoms with Crippen LogP contribution in [-0.2, 0) is 20.8 Å². The minimum atomic E-state index is -0.273. The molecule has 0 saturated carbocycles. The van der Waals surface area contributed by atoms with Gasteiger partial charge in [-0.05, 0) is 29.6 Å². The zero-order valence-corrected chi connectivity index (χ0v) is 16.3. The molecule has 0 spiro atoms. The van der Waals surface area contributed by atoms with E-state index < -0.39 is 0 Å². The number of halogens is 1. The molecule has 0 unspecified atom stereocenters. The molecule has 2 aromatic rings. The molecule has 0 aliphatic carbocycles. The molecule has 2 saturated heterocycles. The first-order valence-electron chi connectivity index (χ1n) is 9.42. The van der Waals surface area contributed by atoms with E-state index in [9.17, 15) is 9.18 Å². The van der Waals surface area contributed by atoms with Gasteiger partial charge in [0.05, 0.1) is 44.6 Å². The fraction of sp³-hybridized carbons (Fsp3) is 0.450. The van der Waals surface area contributed by atoms with Crippen molar-refractivity contribution in [2.24, 2.45) is 0 Å². The molecule has 0 bridgehead atoms. The Hall–Kier alpha value is -2.00. The number of ether oxygens (including phenoxy) is 2. The highest BCUT2D eigenvalue weighted by Crippen LogP contribution is 2.21. The molecule has 150 valence electrons. The summed E-state index contributed by atoms with van der Waals surface area (Å²) in [6, 6.07) is 10.3. The molecule has 6 nitrogen and oxygen atoms in total. The van der Waals surface area contributed by atoms with Gasteiger partial charge in [0.15, 0.2) is 0 Å². The number of amides is 1. The number of benzene rings is 1. The summed E-state index contributed by atoms with van der Waals surface area (Å²) in [6.07, 6.45) is -0.103. The topological polar surface area (TPSA) is 62.8 Å². The van der Waals surface area contributed by atoms with E-state index in [0.717, 1.165) is 4.88 Å². The summed E-state index contributed by atoms with van der Waals surface area (Å²) in [5.41, 5.74) is 0.716. The van der Waals surface area contributed by atoms with Gasteiger partial charge in [0.1, 0.15) is 5.82 Å². The zero-order valence-electron chi connectivity index (χ0n) is 15.5. The Morgan fingerprint density at radius 2 is 1.96 bits per heavy atom. The number of rotatable bonds is 6. The van der Waals surface area contributed by atoms with E-state index in [-0.39, 0.29) is 30.0 Å². The zero-order chi connectivity index (χ0) is 19.3. The number of hydrogen-bond donors (Lipinski definition) is 2. The number of fused-ring (bicyclic) bond motifs is 1. The van der Waals surface area contributed by atoms with Crippen molar-refractivity contribution in [3.05, 3.63) is 52.5 Å². The molecule has 1 aromatic carbocycles. The van der Waals surface area contributed by atoms with Gasteiger partial charge in [0, 0.05) is 23.7 Å². The van der Waals surface area contributed by atoms with Crippen molar-refractivity contribution in [2.45, 2.75) is 24.8 Å². The molecule has 1 aromatic heterocycles. The predicted octanol–water partition coefficient (Wildman–Crippen LogP) is 2.08. The van der Waals surface area contributed by atoms with Crippen molar-refractivity contribution >= 4 is 22.9 Å². The van der Waals surface area contributed by atoms with E-state index in [2.05, 4.69) is 15.5 Å². The van der Waals surface area contributed by atoms with E-state index in [0.29, 0.717) is 45.1 Å². The molecule has 2 N–H and O–H groups in total. The summed E-state index contributed by atoms with van der Waals surface area (Å²) >= 11 is 1.63. The standard InChI is InChI=1S/C20H24FN3O3S/c21-14-3-1-4-15(7-14)23-16-12-26-18-9-24(10-19(18)27-13-16)11-20(25)22-8-17-5-2-6-28-17/h1-7,16,18-19,23H,8-13H2,(H,22,25)/t18-,19-/m0/s1. The number of likely N-dealkylation sites (tertiary alicyclic amines) is 1. The molecule has 2 atom stereocenters. The fourth-order valence-electron chi connectivity index (χ4n) is 3.55. The second kappa shape index (κ2) is 9.00. The number of carbonyl (C=O) groups excluding carboxylic acids is 1. The van der Waals surface area contributed by atoms with E-state index in [1.54, 1.807) is 17.4 Å². The van der Waals surface area contributed by atoms with Gasteiger partial charge in [-0.25, -0.2) is 4.39 Å². The number of thiophene rings is 1. The van der Waals surface area contributed by atoms with Crippen LogP contribution in [0.15, 0.2) is 41.8 Å².